The Bertz CT molecular complexity index is 879. The molecule has 2 fully saturated rings. The fourth-order valence-electron chi connectivity index (χ4n) is 4.32. The van der Waals surface area contributed by atoms with Crippen molar-refractivity contribution in [1.82, 2.24) is 5.01 Å². The van der Waals surface area contributed by atoms with E-state index >= 15 is 0 Å². The molecule has 2 aliphatic carbocycles. The average molecular weight is 383 g/mol. The molecule has 1 aromatic rings. The molecule has 5 atom stereocenters. The molecule has 0 N–H and O–H groups in total. The van der Waals surface area contributed by atoms with Gasteiger partial charge in [0.15, 0.2) is 0 Å². The molecule has 0 unspecified atom stereocenters. The molecule has 3 aliphatic rings. The van der Waals surface area contributed by atoms with Crippen molar-refractivity contribution in [1.29, 1.82) is 0 Å². The number of carbonyl (C=O) groups excluding carboxylic acids is 2. The minimum atomic E-state index is -0.519. The molecular weight excluding hydrogens is 362 g/mol. The normalized spacial score (nSPS) is 29.0. The predicted octanol–water partition coefficient (Wildman–Crippen LogP) is 2.91. The van der Waals surface area contributed by atoms with Crippen LogP contribution in [0, 0.1) is 33.8 Å². The van der Waals surface area contributed by atoms with Crippen LogP contribution < -0.4 is 4.74 Å². The van der Waals surface area contributed by atoms with Crippen LogP contribution in [-0.4, -0.2) is 34.1 Å². The summed E-state index contributed by atoms with van der Waals surface area (Å²) in [7, 11) is 0. The van der Waals surface area contributed by atoms with Gasteiger partial charge in [-0.15, -0.1) is 0 Å². The van der Waals surface area contributed by atoms with E-state index in [2.05, 4.69) is 5.10 Å². The predicted molar refractivity (Wildman–Crippen MR) is 101 cm³/mol. The molecule has 1 aromatic carbocycles. The molecule has 146 valence electrons. The standard InChI is InChI=1S/C20H21N3O5/c1-3-11(2)28-18-14(5-4-6-15(18)23(26)27)10-21-22-19(24)16-12-7-8-13(9-12)17(16)20(22)25/h4-8,10-13,16-17H,3,9H2,1-2H3/t11-,12-,13-,16-,17+/m0/s1. The van der Waals surface area contributed by atoms with Gasteiger partial charge in [0, 0.05) is 11.6 Å². The van der Waals surface area contributed by atoms with E-state index in [1.807, 2.05) is 26.0 Å². The fourth-order valence-corrected chi connectivity index (χ4v) is 4.32. The summed E-state index contributed by atoms with van der Waals surface area (Å²) in [6.45, 7) is 3.73. The summed E-state index contributed by atoms with van der Waals surface area (Å²) in [5.41, 5.74) is 0.177. The molecule has 1 saturated carbocycles. The summed E-state index contributed by atoms with van der Waals surface area (Å²) < 4.78 is 5.74. The SMILES string of the molecule is CC[C@H](C)Oc1c(C=NN2C(=O)[C@@H]3[C@H](C2=O)[C@H]2C=C[C@H]3C2)cccc1[N+](=O)[O-]. The van der Waals surface area contributed by atoms with Crippen molar-refractivity contribution in [3.8, 4) is 5.75 Å². The van der Waals surface area contributed by atoms with Crippen LogP contribution in [0.5, 0.6) is 5.75 Å². The van der Waals surface area contributed by atoms with Gasteiger partial charge in [-0.25, -0.2) is 0 Å². The highest BCUT2D eigenvalue weighted by atomic mass is 16.6. The number of fused-ring (bicyclic) bond motifs is 5. The maximum absolute atomic E-state index is 12.7. The number of para-hydroxylation sites is 1. The van der Waals surface area contributed by atoms with Crippen LogP contribution in [0.2, 0.25) is 0 Å². The first kappa shape index (κ1) is 18.3. The number of hydrogen-bond donors (Lipinski definition) is 0. The molecule has 1 saturated heterocycles. The van der Waals surface area contributed by atoms with Gasteiger partial charge in [0.05, 0.1) is 29.1 Å². The molecule has 0 radical (unpaired) electrons. The molecule has 8 nitrogen and oxygen atoms in total. The lowest BCUT2D eigenvalue weighted by Crippen LogP contribution is -2.28. The number of amides is 2. The van der Waals surface area contributed by atoms with E-state index < -0.39 is 4.92 Å². The maximum Gasteiger partial charge on any atom is 0.311 e. The maximum atomic E-state index is 12.7. The fraction of sp³-hybridized carbons (Fsp3) is 0.450. The van der Waals surface area contributed by atoms with Gasteiger partial charge in [-0.3, -0.25) is 19.7 Å². The Morgan fingerprint density at radius 1 is 1.29 bits per heavy atom. The molecule has 2 amide bonds. The minimum absolute atomic E-state index is 0.0895. The number of nitro benzene ring substituents is 1. The van der Waals surface area contributed by atoms with E-state index in [0.717, 1.165) is 11.4 Å². The van der Waals surface area contributed by atoms with Crippen LogP contribution in [0.1, 0.15) is 32.3 Å². The lowest BCUT2D eigenvalue weighted by atomic mass is 9.85. The van der Waals surface area contributed by atoms with Crippen molar-refractivity contribution in [3.05, 3.63) is 46.0 Å². The Morgan fingerprint density at radius 2 is 1.93 bits per heavy atom. The Morgan fingerprint density at radius 3 is 2.50 bits per heavy atom. The number of hydrogen-bond acceptors (Lipinski definition) is 6. The number of imide groups is 1. The third kappa shape index (κ3) is 2.80. The van der Waals surface area contributed by atoms with Gasteiger partial charge in [0.25, 0.3) is 11.8 Å². The zero-order valence-corrected chi connectivity index (χ0v) is 15.6. The summed E-state index contributed by atoms with van der Waals surface area (Å²) in [5, 5.41) is 16.4. The van der Waals surface area contributed by atoms with E-state index in [9.17, 15) is 19.7 Å². The first-order valence-corrected chi connectivity index (χ1v) is 9.46. The molecule has 0 aromatic heterocycles. The first-order chi connectivity index (χ1) is 13.4. The van der Waals surface area contributed by atoms with Gasteiger partial charge in [-0.2, -0.15) is 10.1 Å². The van der Waals surface area contributed by atoms with Gasteiger partial charge in [0.2, 0.25) is 5.75 Å². The highest BCUT2D eigenvalue weighted by molar-refractivity contribution is 6.07. The third-order valence-corrected chi connectivity index (χ3v) is 5.87. The van der Waals surface area contributed by atoms with Crippen molar-refractivity contribution in [2.75, 3.05) is 0 Å². The van der Waals surface area contributed by atoms with Gasteiger partial charge < -0.3 is 4.74 Å². The number of allylic oxidation sites excluding steroid dienone is 2. The Labute approximate surface area is 162 Å². The second kappa shape index (κ2) is 6.85. The third-order valence-electron chi connectivity index (χ3n) is 5.87. The van der Waals surface area contributed by atoms with Crippen LogP contribution >= 0.6 is 0 Å². The Hall–Kier alpha value is -3.03. The van der Waals surface area contributed by atoms with E-state index in [-0.39, 0.29) is 53.0 Å². The van der Waals surface area contributed by atoms with Crippen molar-refractivity contribution in [2.24, 2.45) is 28.8 Å². The number of nitrogens with zero attached hydrogens (tertiary/aromatic N) is 3. The molecule has 1 heterocycles. The number of hydrazone groups is 1. The summed E-state index contributed by atoms with van der Waals surface area (Å²) in [6, 6.07) is 4.50. The largest absolute Gasteiger partial charge is 0.483 e. The molecule has 2 bridgehead atoms. The Balaban J connectivity index is 1.63. The number of ether oxygens (including phenoxy) is 1. The van der Waals surface area contributed by atoms with Crippen LogP contribution in [-0.2, 0) is 9.59 Å². The van der Waals surface area contributed by atoms with Crippen LogP contribution in [0.3, 0.4) is 0 Å². The summed E-state index contributed by atoms with van der Waals surface area (Å²) in [5.74, 6) is -0.953. The summed E-state index contributed by atoms with van der Waals surface area (Å²) >= 11 is 0. The zero-order chi connectivity index (χ0) is 20.0. The molecule has 1 aliphatic heterocycles. The Kier molecular flexibility index (Phi) is 4.49. The summed E-state index contributed by atoms with van der Waals surface area (Å²) in [6.07, 6.45) is 6.62. The topological polar surface area (TPSA) is 102 Å². The van der Waals surface area contributed by atoms with E-state index in [1.54, 1.807) is 6.07 Å². The van der Waals surface area contributed by atoms with Crippen molar-refractivity contribution in [3.63, 3.8) is 0 Å². The monoisotopic (exact) mass is 383 g/mol. The van der Waals surface area contributed by atoms with Crippen molar-refractivity contribution in [2.45, 2.75) is 32.8 Å². The molecule has 28 heavy (non-hydrogen) atoms. The van der Waals surface area contributed by atoms with Crippen LogP contribution in [0.25, 0.3) is 0 Å². The highest BCUT2D eigenvalue weighted by Gasteiger charge is 2.59. The molecular formula is C20H21N3O5. The van der Waals surface area contributed by atoms with Crippen LogP contribution in [0.4, 0.5) is 5.69 Å². The quantitative estimate of drug-likeness (QED) is 0.247. The number of carbonyl (C=O) groups is 2. The van der Waals surface area contributed by atoms with E-state index in [4.69, 9.17) is 4.74 Å². The average Bonchev–Trinajstić information content (AvgIpc) is 3.35. The van der Waals surface area contributed by atoms with Gasteiger partial charge in [0.1, 0.15) is 0 Å². The smallest absolute Gasteiger partial charge is 0.311 e. The lowest BCUT2D eigenvalue weighted by molar-refractivity contribution is -0.386. The molecule has 0 spiro atoms. The second-order valence-corrected chi connectivity index (χ2v) is 7.52. The molecule has 8 heteroatoms. The van der Waals surface area contributed by atoms with Crippen molar-refractivity contribution >= 4 is 23.7 Å². The van der Waals surface area contributed by atoms with Gasteiger partial charge in [-0.05, 0) is 37.7 Å². The first-order valence-electron chi connectivity index (χ1n) is 9.46. The van der Waals surface area contributed by atoms with E-state index in [1.165, 1.54) is 18.3 Å². The zero-order valence-electron chi connectivity index (χ0n) is 15.6. The van der Waals surface area contributed by atoms with E-state index in [0.29, 0.717) is 12.0 Å². The number of rotatable bonds is 6. The number of nitro groups is 1. The van der Waals surface area contributed by atoms with Gasteiger partial charge in [-0.1, -0.05) is 25.1 Å². The second-order valence-electron chi connectivity index (χ2n) is 7.52. The highest BCUT2D eigenvalue weighted by Crippen LogP contribution is 2.52. The minimum Gasteiger partial charge on any atom is -0.483 e. The lowest BCUT2D eigenvalue weighted by Gasteiger charge is -2.15. The summed E-state index contributed by atoms with van der Waals surface area (Å²) in [4.78, 5) is 36.3. The number of benzene rings is 1. The van der Waals surface area contributed by atoms with Crippen molar-refractivity contribution < 1.29 is 19.2 Å². The molecule has 4 rings (SSSR count). The van der Waals surface area contributed by atoms with Gasteiger partial charge >= 0.3 is 5.69 Å². The van der Waals surface area contributed by atoms with Crippen LogP contribution in [0.15, 0.2) is 35.5 Å².